The molecule has 0 unspecified atom stereocenters. The van der Waals surface area contributed by atoms with Crippen LogP contribution in [0.3, 0.4) is 0 Å². The van der Waals surface area contributed by atoms with E-state index in [4.69, 9.17) is 9.72 Å². The van der Waals surface area contributed by atoms with Crippen molar-refractivity contribution < 1.29 is 9.53 Å². The van der Waals surface area contributed by atoms with E-state index in [-0.39, 0.29) is 0 Å². The Kier molecular flexibility index (Phi) is 5.17. The Morgan fingerprint density at radius 1 is 1.22 bits per heavy atom. The lowest BCUT2D eigenvalue weighted by Gasteiger charge is -2.29. The third kappa shape index (κ3) is 3.58. The van der Waals surface area contributed by atoms with Gasteiger partial charge in [-0.2, -0.15) is 5.10 Å². The molecule has 0 saturated carbocycles. The van der Waals surface area contributed by atoms with Crippen LogP contribution in [0.5, 0.6) is 0 Å². The van der Waals surface area contributed by atoms with E-state index in [1.807, 2.05) is 24.4 Å². The van der Waals surface area contributed by atoms with Crippen LogP contribution in [0.2, 0.25) is 0 Å². The summed E-state index contributed by atoms with van der Waals surface area (Å²) in [7, 11) is 0. The van der Waals surface area contributed by atoms with Crippen molar-refractivity contribution in [3.05, 3.63) is 35.5 Å². The molecule has 2 aliphatic heterocycles. The van der Waals surface area contributed by atoms with E-state index in [9.17, 15) is 4.79 Å². The number of nitrogens with one attached hydrogen (secondary N) is 1. The fraction of sp³-hybridized carbons (Fsp3) is 0.263. The van der Waals surface area contributed by atoms with Crippen molar-refractivity contribution in [2.45, 2.75) is 11.3 Å². The van der Waals surface area contributed by atoms with Gasteiger partial charge in [-0.25, -0.2) is 9.97 Å². The molecule has 7 nitrogen and oxygen atoms in total. The van der Waals surface area contributed by atoms with Crippen molar-refractivity contribution in [2.24, 2.45) is 5.10 Å². The summed E-state index contributed by atoms with van der Waals surface area (Å²) in [4.78, 5) is 23.1. The zero-order chi connectivity index (χ0) is 18.6. The SMILES string of the molecule is O=C/C=C/c1nc(-c2cccc3c2CC=NN3)nc(N2CCOCC2)c1S. The van der Waals surface area contributed by atoms with Crippen LogP contribution in [-0.2, 0) is 16.0 Å². The summed E-state index contributed by atoms with van der Waals surface area (Å²) in [5.41, 5.74) is 6.63. The smallest absolute Gasteiger partial charge is 0.162 e. The number of hydrogen-bond donors (Lipinski definition) is 2. The zero-order valence-corrected chi connectivity index (χ0v) is 15.5. The highest BCUT2D eigenvalue weighted by atomic mass is 32.1. The molecule has 1 aromatic heterocycles. The molecule has 0 amide bonds. The third-order valence-corrected chi connectivity index (χ3v) is 4.95. The number of carbonyl (C=O) groups is 1. The Labute approximate surface area is 162 Å². The lowest BCUT2D eigenvalue weighted by atomic mass is 10.0. The van der Waals surface area contributed by atoms with Gasteiger partial charge >= 0.3 is 0 Å². The lowest BCUT2D eigenvalue weighted by Crippen LogP contribution is -2.37. The molecular formula is C19H19N5O2S. The summed E-state index contributed by atoms with van der Waals surface area (Å²) in [6.07, 6.45) is 6.35. The molecule has 0 bridgehead atoms. The van der Waals surface area contributed by atoms with Crippen LogP contribution >= 0.6 is 12.6 Å². The van der Waals surface area contributed by atoms with Crippen LogP contribution in [0.1, 0.15) is 11.3 Å². The highest BCUT2D eigenvalue weighted by molar-refractivity contribution is 7.80. The minimum atomic E-state index is 0.605. The number of benzene rings is 1. The Morgan fingerprint density at radius 2 is 2.07 bits per heavy atom. The molecule has 0 spiro atoms. The first-order valence-corrected chi connectivity index (χ1v) is 9.18. The van der Waals surface area contributed by atoms with Gasteiger partial charge in [0, 0.05) is 31.3 Å². The van der Waals surface area contributed by atoms with Crippen molar-refractivity contribution in [1.29, 1.82) is 0 Å². The summed E-state index contributed by atoms with van der Waals surface area (Å²) in [5.74, 6) is 1.36. The summed E-state index contributed by atoms with van der Waals surface area (Å²) in [6, 6.07) is 5.94. The molecule has 2 aliphatic rings. The van der Waals surface area contributed by atoms with Crippen LogP contribution in [0.25, 0.3) is 17.5 Å². The number of anilines is 2. The first-order chi connectivity index (χ1) is 13.3. The van der Waals surface area contributed by atoms with Gasteiger partial charge < -0.3 is 9.64 Å². The molecule has 1 saturated heterocycles. The quantitative estimate of drug-likeness (QED) is 0.481. The molecule has 8 heteroatoms. The molecule has 1 aromatic carbocycles. The van der Waals surface area contributed by atoms with E-state index >= 15 is 0 Å². The molecule has 2 aromatic rings. The molecule has 1 N–H and O–H groups in total. The largest absolute Gasteiger partial charge is 0.378 e. The number of ether oxygens (including phenoxy) is 1. The van der Waals surface area contributed by atoms with Crippen LogP contribution in [0.4, 0.5) is 11.5 Å². The molecule has 4 rings (SSSR count). The highest BCUT2D eigenvalue weighted by Crippen LogP contribution is 2.33. The number of carbonyl (C=O) groups excluding carboxylic acids is 1. The fourth-order valence-corrected chi connectivity index (χ4v) is 3.51. The number of fused-ring (bicyclic) bond motifs is 1. The van der Waals surface area contributed by atoms with E-state index < -0.39 is 0 Å². The normalized spacial score (nSPS) is 16.3. The predicted octanol–water partition coefficient (Wildman–Crippen LogP) is 2.43. The number of nitrogens with zero attached hydrogens (tertiary/aromatic N) is 4. The van der Waals surface area contributed by atoms with Crippen LogP contribution < -0.4 is 10.3 Å². The van der Waals surface area contributed by atoms with Crippen molar-refractivity contribution >= 4 is 42.7 Å². The Bertz CT molecular complexity index is 923. The number of allylic oxidation sites excluding steroid dienone is 1. The highest BCUT2D eigenvalue weighted by Gasteiger charge is 2.21. The third-order valence-electron chi connectivity index (χ3n) is 4.52. The monoisotopic (exact) mass is 381 g/mol. The second kappa shape index (κ2) is 7.89. The molecule has 1 fully saturated rings. The van der Waals surface area contributed by atoms with Crippen molar-refractivity contribution in [2.75, 3.05) is 36.6 Å². The lowest BCUT2D eigenvalue weighted by molar-refractivity contribution is -0.104. The Balaban J connectivity index is 1.86. The predicted molar refractivity (Wildman–Crippen MR) is 109 cm³/mol. The van der Waals surface area contributed by atoms with Gasteiger partial charge in [0.25, 0.3) is 0 Å². The second-order valence-corrected chi connectivity index (χ2v) is 6.61. The van der Waals surface area contributed by atoms with E-state index in [1.54, 1.807) is 6.08 Å². The maximum Gasteiger partial charge on any atom is 0.162 e. The number of aldehydes is 1. The minimum absolute atomic E-state index is 0.605. The second-order valence-electron chi connectivity index (χ2n) is 6.16. The molecular weight excluding hydrogens is 362 g/mol. The maximum atomic E-state index is 10.8. The zero-order valence-electron chi connectivity index (χ0n) is 14.6. The van der Waals surface area contributed by atoms with Gasteiger partial charge in [0.2, 0.25) is 0 Å². The topological polar surface area (TPSA) is 79.7 Å². The number of thiol groups is 1. The van der Waals surface area contributed by atoms with Gasteiger partial charge in [-0.05, 0) is 23.8 Å². The van der Waals surface area contributed by atoms with E-state index in [0.29, 0.717) is 36.0 Å². The van der Waals surface area contributed by atoms with Gasteiger partial charge in [0.05, 0.1) is 29.5 Å². The maximum absolute atomic E-state index is 10.8. The Morgan fingerprint density at radius 3 is 2.89 bits per heavy atom. The van der Waals surface area contributed by atoms with E-state index in [0.717, 1.165) is 42.0 Å². The molecule has 0 radical (unpaired) electrons. The average Bonchev–Trinajstić information content (AvgIpc) is 2.73. The number of morpholine rings is 1. The van der Waals surface area contributed by atoms with Gasteiger partial charge in [-0.15, -0.1) is 12.6 Å². The number of rotatable bonds is 4. The molecule has 27 heavy (non-hydrogen) atoms. The summed E-state index contributed by atoms with van der Waals surface area (Å²) in [6.45, 7) is 2.77. The van der Waals surface area contributed by atoms with Gasteiger partial charge in [0.1, 0.15) is 12.1 Å². The van der Waals surface area contributed by atoms with E-state index in [2.05, 4.69) is 33.0 Å². The summed E-state index contributed by atoms with van der Waals surface area (Å²) >= 11 is 4.64. The first-order valence-electron chi connectivity index (χ1n) is 8.73. The van der Waals surface area contributed by atoms with Crippen LogP contribution in [0.15, 0.2) is 34.3 Å². The summed E-state index contributed by atoms with van der Waals surface area (Å²) < 4.78 is 5.45. The fourth-order valence-electron chi connectivity index (χ4n) is 3.20. The standard InChI is InChI=1S/C19H19N5O2S/c25-10-2-5-16-17(27)19(24-8-11-26-12-9-24)22-18(21-16)14-3-1-4-15-13(14)6-7-20-23-15/h1-5,7,10,23,27H,6,8-9,11-12H2/b5-2+. The van der Waals surface area contributed by atoms with Crippen molar-refractivity contribution in [3.8, 4) is 11.4 Å². The number of hydrogen-bond acceptors (Lipinski definition) is 8. The molecule has 0 aliphatic carbocycles. The molecule has 138 valence electrons. The Hall–Kier alpha value is -2.71. The molecule has 3 heterocycles. The van der Waals surface area contributed by atoms with Crippen LogP contribution in [-0.4, -0.2) is 48.8 Å². The summed E-state index contributed by atoms with van der Waals surface area (Å²) in [5, 5.41) is 4.12. The van der Waals surface area contributed by atoms with Crippen molar-refractivity contribution in [3.63, 3.8) is 0 Å². The van der Waals surface area contributed by atoms with Gasteiger partial charge in [-0.1, -0.05) is 12.1 Å². The minimum Gasteiger partial charge on any atom is -0.378 e. The van der Waals surface area contributed by atoms with Gasteiger partial charge in [-0.3, -0.25) is 10.2 Å². The number of hydrazone groups is 1. The van der Waals surface area contributed by atoms with Crippen LogP contribution in [0, 0.1) is 0 Å². The molecule has 0 atom stereocenters. The first kappa shape index (κ1) is 17.7. The van der Waals surface area contributed by atoms with Gasteiger partial charge in [0.15, 0.2) is 5.82 Å². The number of aromatic nitrogens is 2. The van der Waals surface area contributed by atoms with E-state index in [1.165, 1.54) is 6.08 Å². The average molecular weight is 381 g/mol. The van der Waals surface area contributed by atoms with Crippen molar-refractivity contribution in [1.82, 2.24) is 9.97 Å².